The summed E-state index contributed by atoms with van der Waals surface area (Å²) in [7, 11) is 0. The fourth-order valence-electron chi connectivity index (χ4n) is 1.80. The van der Waals surface area contributed by atoms with Crippen LogP contribution < -0.4 is 0 Å². The van der Waals surface area contributed by atoms with Gasteiger partial charge in [-0.05, 0) is 0 Å². The van der Waals surface area contributed by atoms with Crippen molar-refractivity contribution in [1.82, 2.24) is 0 Å². The number of carbonyl (C=O) groups excluding carboxylic acids is 2. The monoisotopic (exact) mass is 374 g/mol. The van der Waals surface area contributed by atoms with Gasteiger partial charge in [-0.1, -0.05) is 0 Å². The number of aliphatic hydroxyl groups excluding tert-OH is 8. The standard InChI is InChI=1S/C12H22O13/c13-1-5(17)9(21)11(23,7(19)3-15)25-12(24,8(20)4-16)10(22)6(18)2-14/h3-10,13-14,17-24H,1-2H2/t5-,6-,7+,8+,9-,10-,11+,12+/m1/s1. The molecule has 0 aliphatic rings. The number of aliphatic hydroxyl groups is 10. The first-order valence-corrected chi connectivity index (χ1v) is 6.81. The molecule has 0 radical (unpaired) electrons. The summed E-state index contributed by atoms with van der Waals surface area (Å²) in [5.74, 6) is -7.34. The van der Waals surface area contributed by atoms with Gasteiger partial charge in [0.25, 0.3) is 0 Å². The Morgan fingerprint density at radius 1 is 0.720 bits per heavy atom. The fraction of sp³-hybridized carbons (Fsp3) is 0.833. The lowest BCUT2D eigenvalue weighted by molar-refractivity contribution is -0.419. The Morgan fingerprint density at radius 3 is 1.20 bits per heavy atom. The van der Waals surface area contributed by atoms with E-state index in [1.165, 1.54) is 0 Å². The molecule has 25 heavy (non-hydrogen) atoms. The van der Waals surface area contributed by atoms with E-state index in [1.807, 2.05) is 0 Å². The molecule has 0 heterocycles. The average molecular weight is 374 g/mol. The van der Waals surface area contributed by atoms with Gasteiger partial charge in [0.2, 0.25) is 11.6 Å². The number of hydrogen-bond donors (Lipinski definition) is 10. The lowest BCUT2D eigenvalue weighted by Gasteiger charge is -2.45. The second-order valence-electron chi connectivity index (χ2n) is 5.16. The van der Waals surface area contributed by atoms with Gasteiger partial charge in [0.05, 0.1) is 13.2 Å². The number of hydrogen-bond acceptors (Lipinski definition) is 13. The molecule has 148 valence electrons. The molecule has 0 fully saturated rings. The van der Waals surface area contributed by atoms with Crippen LogP contribution >= 0.6 is 0 Å². The zero-order chi connectivity index (χ0) is 20.0. The Labute approximate surface area is 140 Å². The summed E-state index contributed by atoms with van der Waals surface area (Å²) >= 11 is 0. The third-order valence-corrected chi connectivity index (χ3v) is 3.38. The third kappa shape index (κ3) is 4.96. The lowest BCUT2D eigenvalue weighted by atomic mass is 9.95. The molecule has 8 atom stereocenters. The van der Waals surface area contributed by atoms with Crippen molar-refractivity contribution in [2.75, 3.05) is 13.2 Å². The SMILES string of the molecule is O=C[C@H](O)[C@](O)(O[C@](O)([C@H](O)[C@H](O)CO)[C@@H](O)C=O)[C@H](O)[C@H](O)CO. The van der Waals surface area contributed by atoms with E-state index in [2.05, 4.69) is 4.74 Å². The number of rotatable bonds is 12. The maximum Gasteiger partial charge on any atom is 0.231 e. The molecule has 10 N–H and O–H groups in total. The molecule has 0 saturated carbocycles. The average Bonchev–Trinajstić information content (AvgIpc) is 2.63. The van der Waals surface area contributed by atoms with Gasteiger partial charge in [0.1, 0.15) is 24.4 Å². The smallest absolute Gasteiger partial charge is 0.231 e. The van der Waals surface area contributed by atoms with Gasteiger partial charge in [-0.25, -0.2) is 0 Å². The van der Waals surface area contributed by atoms with Crippen LogP contribution in [0.15, 0.2) is 0 Å². The summed E-state index contributed by atoms with van der Waals surface area (Å²) in [5.41, 5.74) is 0. The minimum atomic E-state index is -3.67. The second-order valence-corrected chi connectivity index (χ2v) is 5.16. The van der Waals surface area contributed by atoms with Gasteiger partial charge in [0.15, 0.2) is 24.8 Å². The Bertz CT molecular complexity index is 395. The Morgan fingerprint density at radius 2 is 1.00 bits per heavy atom. The first kappa shape index (κ1) is 23.9. The molecule has 0 aromatic rings. The van der Waals surface area contributed by atoms with Crippen molar-refractivity contribution in [2.24, 2.45) is 0 Å². The van der Waals surface area contributed by atoms with Crippen molar-refractivity contribution in [3.8, 4) is 0 Å². The van der Waals surface area contributed by atoms with Crippen LogP contribution in [-0.4, -0.2) is 125 Å². The van der Waals surface area contributed by atoms with Gasteiger partial charge < -0.3 is 65.4 Å². The highest BCUT2D eigenvalue weighted by molar-refractivity contribution is 5.59. The van der Waals surface area contributed by atoms with Gasteiger partial charge in [-0.3, -0.25) is 0 Å². The largest absolute Gasteiger partial charge is 0.394 e. The van der Waals surface area contributed by atoms with Crippen LogP contribution in [0.4, 0.5) is 0 Å². The Hall–Kier alpha value is -1.10. The topological polar surface area (TPSA) is 246 Å². The van der Waals surface area contributed by atoms with E-state index in [-0.39, 0.29) is 0 Å². The summed E-state index contributed by atoms with van der Waals surface area (Å²) in [6.07, 6.45) is -16.2. The fourth-order valence-corrected chi connectivity index (χ4v) is 1.80. The van der Waals surface area contributed by atoms with Crippen molar-refractivity contribution in [3.63, 3.8) is 0 Å². The molecule has 0 aliphatic carbocycles. The number of ether oxygens (including phenoxy) is 1. The molecule has 0 spiro atoms. The summed E-state index contributed by atoms with van der Waals surface area (Å²) in [4.78, 5) is 21.5. The van der Waals surface area contributed by atoms with Gasteiger partial charge in [0, 0.05) is 0 Å². The molecule has 0 aromatic carbocycles. The van der Waals surface area contributed by atoms with E-state index >= 15 is 0 Å². The predicted octanol–water partition coefficient (Wildman–Crippen LogP) is -7.07. The van der Waals surface area contributed by atoms with Gasteiger partial charge >= 0.3 is 0 Å². The van der Waals surface area contributed by atoms with Crippen molar-refractivity contribution in [2.45, 2.75) is 48.2 Å². The second kappa shape index (κ2) is 9.56. The van der Waals surface area contributed by atoms with E-state index in [0.717, 1.165) is 0 Å². The molecule has 0 aromatic heterocycles. The molecule has 0 saturated heterocycles. The quantitative estimate of drug-likeness (QED) is 0.113. The molecule has 13 heteroatoms. The van der Waals surface area contributed by atoms with Crippen molar-refractivity contribution in [3.05, 3.63) is 0 Å². The molecule has 13 nitrogen and oxygen atoms in total. The van der Waals surface area contributed by atoms with Crippen molar-refractivity contribution in [1.29, 1.82) is 0 Å². The first-order chi connectivity index (χ1) is 11.5. The van der Waals surface area contributed by atoms with Crippen LogP contribution in [0.25, 0.3) is 0 Å². The van der Waals surface area contributed by atoms with E-state index in [4.69, 9.17) is 10.2 Å². The minimum Gasteiger partial charge on any atom is -0.394 e. The number of carbonyl (C=O) groups is 2. The highest BCUT2D eigenvalue weighted by atomic mass is 16.7. The zero-order valence-electron chi connectivity index (χ0n) is 12.7. The molecule has 0 bridgehead atoms. The minimum absolute atomic E-state index is 0.435. The molecular formula is C12H22O13. The molecule has 0 unspecified atom stereocenters. The van der Waals surface area contributed by atoms with Gasteiger partial charge in [-0.2, -0.15) is 0 Å². The van der Waals surface area contributed by atoms with Gasteiger partial charge in [-0.15, -0.1) is 0 Å². The zero-order valence-corrected chi connectivity index (χ0v) is 12.7. The third-order valence-electron chi connectivity index (χ3n) is 3.38. The molecular weight excluding hydrogens is 352 g/mol. The van der Waals surface area contributed by atoms with Crippen molar-refractivity contribution >= 4 is 12.6 Å². The molecule has 0 aliphatic heterocycles. The normalized spacial score (nSPS) is 24.1. The van der Waals surface area contributed by atoms with Crippen LogP contribution in [0, 0.1) is 0 Å². The highest BCUT2D eigenvalue weighted by Gasteiger charge is 2.58. The maximum absolute atomic E-state index is 10.7. The first-order valence-electron chi connectivity index (χ1n) is 6.81. The van der Waals surface area contributed by atoms with E-state index in [9.17, 15) is 50.4 Å². The summed E-state index contributed by atoms with van der Waals surface area (Å²) in [6.45, 7) is -2.45. The predicted molar refractivity (Wildman–Crippen MR) is 73.3 cm³/mol. The van der Waals surface area contributed by atoms with Crippen LogP contribution in [0.2, 0.25) is 0 Å². The highest BCUT2D eigenvalue weighted by Crippen LogP contribution is 2.30. The molecule has 0 amide bonds. The van der Waals surface area contributed by atoms with Crippen LogP contribution in [0.3, 0.4) is 0 Å². The van der Waals surface area contributed by atoms with E-state index in [1.54, 1.807) is 0 Å². The van der Waals surface area contributed by atoms with E-state index < -0.39 is 74.0 Å². The van der Waals surface area contributed by atoms with Crippen LogP contribution in [0.1, 0.15) is 0 Å². The summed E-state index contributed by atoms with van der Waals surface area (Å²) in [5, 5.41) is 95.1. The Balaban J connectivity index is 6.07. The summed E-state index contributed by atoms with van der Waals surface area (Å²) in [6, 6.07) is 0. The van der Waals surface area contributed by atoms with Crippen LogP contribution in [-0.2, 0) is 14.3 Å². The number of aldehydes is 2. The summed E-state index contributed by atoms with van der Waals surface area (Å²) < 4.78 is 4.41. The van der Waals surface area contributed by atoms with Crippen LogP contribution in [0.5, 0.6) is 0 Å². The lowest BCUT2D eigenvalue weighted by Crippen LogP contribution is -2.69. The van der Waals surface area contributed by atoms with E-state index in [0.29, 0.717) is 0 Å². The Kier molecular flexibility index (Phi) is 9.14. The van der Waals surface area contributed by atoms with Crippen molar-refractivity contribution < 1.29 is 65.4 Å². The molecule has 0 rings (SSSR count). The maximum atomic E-state index is 10.7.